The van der Waals surface area contributed by atoms with Crippen LogP contribution in [0.3, 0.4) is 0 Å². The lowest BCUT2D eigenvalue weighted by atomic mass is 10.2. The van der Waals surface area contributed by atoms with E-state index in [1.807, 2.05) is 6.07 Å². The molecule has 4 aromatic heterocycles. The van der Waals surface area contributed by atoms with E-state index in [0.717, 1.165) is 18.9 Å². The van der Waals surface area contributed by atoms with Gasteiger partial charge < -0.3 is 9.42 Å². The van der Waals surface area contributed by atoms with Gasteiger partial charge in [-0.2, -0.15) is 10.1 Å². The Hall–Kier alpha value is -3.33. The van der Waals surface area contributed by atoms with Crippen molar-refractivity contribution in [2.45, 2.75) is 12.5 Å². The number of pyridine rings is 2. The molecule has 10 heteroatoms. The Morgan fingerprint density at radius 2 is 2.03 bits per heavy atom. The van der Waals surface area contributed by atoms with E-state index in [1.165, 1.54) is 4.68 Å². The van der Waals surface area contributed by atoms with Crippen LogP contribution in [0.2, 0.25) is 5.02 Å². The van der Waals surface area contributed by atoms with Crippen LogP contribution >= 0.6 is 11.6 Å². The molecule has 0 N–H and O–H groups in total. The monoisotopic (exact) mass is 421 g/mol. The van der Waals surface area contributed by atoms with E-state index in [0.29, 0.717) is 39.5 Å². The second kappa shape index (κ2) is 6.60. The number of piperidine rings is 1. The van der Waals surface area contributed by atoms with Crippen LogP contribution in [-0.4, -0.2) is 43.0 Å². The van der Waals surface area contributed by atoms with Crippen molar-refractivity contribution in [3.05, 3.63) is 69.9 Å². The number of rotatable bonds is 4. The van der Waals surface area contributed by atoms with E-state index in [1.54, 1.807) is 36.8 Å². The lowest BCUT2D eigenvalue weighted by Crippen LogP contribution is -2.24. The molecule has 1 saturated carbocycles. The molecule has 0 aromatic carbocycles. The summed E-state index contributed by atoms with van der Waals surface area (Å²) in [5.74, 6) is 3.21. The first-order valence-electron chi connectivity index (χ1n) is 9.67. The van der Waals surface area contributed by atoms with E-state index in [2.05, 4.69) is 30.1 Å². The summed E-state index contributed by atoms with van der Waals surface area (Å²) in [7, 11) is 0. The van der Waals surface area contributed by atoms with Crippen LogP contribution < -0.4 is 10.5 Å². The van der Waals surface area contributed by atoms with Crippen LogP contribution in [0.15, 0.2) is 52.2 Å². The second-order valence-corrected chi connectivity index (χ2v) is 8.12. The summed E-state index contributed by atoms with van der Waals surface area (Å²) < 4.78 is 6.73. The molecule has 150 valence electrons. The zero-order chi connectivity index (χ0) is 20.2. The van der Waals surface area contributed by atoms with Gasteiger partial charge in [-0.05, 0) is 36.1 Å². The van der Waals surface area contributed by atoms with Crippen LogP contribution in [-0.2, 0) is 6.54 Å². The minimum atomic E-state index is -0.228. The Morgan fingerprint density at radius 1 is 1.17 bits per heavy atom. The minimum absolute atomic E-state index is 0.136. The summed E-state index contributed by atoms with van der Waals surface area (Å²) in [5.41, 5.74) is 0.336. The summed E-state index contributed by atoms with van der Waals surface area (Å²) >= 11 is 6.08. The number of nitrogens with zero attached hydrogens (tertiary/aromatic N) is 7. The molecule has 5 heterocycles. The Balaban J connectivity index is 1.16. The van der Waals surface area contributed by atoms with Gasteiger partial charge in [-0.3, -0.25) is 9.78 Å². The van der Waals surface area contributed by atoms with Crippen LogP contribution in [0.25, 0.3) is 10.9 Å². The highest BCUT2D eigenvalue weighted by atomic mass is 35.5. The minimum Gasteiger partial charge on any atom is -0.356 e. The topological polar surface area (TPSA) is 103 Å². The van der Waals surface area contributed by atoms with Crippen molar-refractivity contribution in [3.8, 4) is 0 Å². The number of aromatic nitrogens is 6. The predicted octanol–water partition coefficient (Wildman–Crippen LogP) is 2.12. The number of hydrogen-bond acceptors (Lipinski definition) is 8. The Kier molecular flexibility index (Phi) is 3.85. The first-order chi connectivity index (χ1) is 14.7. The highest BCUT2D eigenvalue weighted by Crippen LogP contribution is 2.57. The van der Waals surface area contributed by atoms with Crippen molar-refractivity contribution < 1.29 is 4.52 Å². The summed E-state index contributed by atoms with van der Waals surface area (Å²) in [6.07, 6.45) is 4.93. The summed E-state index contributed by atoms with van der Waals surface area (Å²) in [6, 6.07) is 7.12. The van der Waals surface area contributed by atoms with Crippen LogP contribution in [0.5, 0.6) is 0 Å². The molecule has 2 fully saturated rings. The molecule has 0 bridgehead atoms. The average molecular weight is 422 g/mol. The van der Waals surface area contributed by atoms with Gasteiger partial charge in [0.1, 0.15) is 12.4 Å². The van der Waals surface area contributed by atoms with Crippen molar-refractivity contribution in [2.24, 2.45) is 11.8 Å². The van der Waals surface area contributed by atoms with Crippen molar-refractivity contribution in [2.75, 3.05) is 18.0 Å². The Morgan fingerprint density at radius 3 is 2.87 bits per heavy atom. The smallest absolute Gasteiger partial charge is 0.276 e. The molecule has 6 rings (SSSR count). The third-order valence-electron chi connectivity index (χ3n) is 5.92. The van der Waals surface area contributed by atoms with Gasteiger partial charge in [0, 0.05) is 36.4 Å². The van der Waals surface area contributed by atoms with Gasteiger partial charge in [-0.15, -0.1) is 0 Å². The molecule has 30 heavy (non-hydrogen) atoms. The molecule has 2 unspecified atom stereocenters. The molecule has 2 atom stereocenters. The van der Waals surface area contributed by atoms with Gasteiger partial charge in [0.25, 0.3) is 5.56 Å². The van der Waals surface area contributed by atoms with Crippen LogP contribution in [0.1, 0.15) is 17.6 Å². The standard InChI is InChI=1S/C20H16ClN7O2/c21-11-3-5-23-16(6-11)27-8-13-14(9-27)18(13)19-25-17(30-26-19)10-28-20(29)12-2-1-4-22-15(12)7-24-28/h1-7,13-14,18H,8-10H2. The fourth-order valence-electron chi connectivity index (χ4n) is 4.39. The zero-order valence-electron chi connectivity index (χ0n) is 15.7. The third kappa shape index (κ3) is 2.85. The Bertz CT molecular complexity index is 1310. The lowest BCUT2D eigenvalue weighted by molar-refractivity contribution is 0.358. The molecule has 4 aromatic rings. The number of fused-ring (bicyclic) bond motifs is 2. The fraction of sp³-hybridized carbons (Fsp3) is 0.300. The van der Waals surface area contributed by atoms with E-state index in [4.69, 9.17) is 16.1 Å². The van der Waals surface area contributed by atoms with Gasteiger partial charge in [0.2, 0.25) is 5.89 Å². The van der Waals surface area contributed by atoms with Gasteiger partial charge in [-0.1, -0.05) is 16.8 Å². The summed E-state index contributed by atoms with van der Waals surface area (Å²) in [4.78, 5) is 27.9. The molecule has 1 aliphatic carbocycles. The zero-order valence-corrected chi connectivity index (χ0v) is 16.5. The van der Waals surface area contributed by atoms with Gasteiger partial charge in [-0.25, -0.2) is 9.67 Å². The number of hydrogen-bond donors (Lipinski definition) is 0. The lowest BCUT2D eigenvalue weighted by Gasteiger charge is -2.20. The maximum absolute atomic E-state index is 12.6. The molecular weight excluding hydrogens is 406 g/mol. The first-order valence-corrected chi connectivity index (χ1v) is 10.0. The maximum atomic E-state index is 12.6. The van der Waals surface area contributed by atoms with E-state index >= 15 is 0 Å². The highest BCUT2D eigenvalue weighted by Gasteiger charge is 2.58. The molecule has 0 amide bonds. The first kappa shape index (κ1) is 17.5. The van der Waals surface area contributed by atoms with Gasteiger partial charge >= 0.3 is 0 Å². The second-order valence-electron chi connectivity index (χ2n) is 7.68. The summed E-state index contributed by atoms with van der Waals surface area (Å²) in [5, 5.41) is 9.53. The molecule has 9 nitrogen and oxygen atoms in total. The quantitative estimate of drug-likeness (QED) is 0.493. The van der Waals surface area contributed by atoms with Gasteiger partial charge in [0.15, 0.2) is 5.82 Å². The normalized spacial score (nSPS) is 22.4. The molecule has 0 radical (unpaired) electrons. The van der Waals surface area contributed by atoms with Crippen molar-refractivity contribution in [3.63, 3.8) is 0 Å². The molecule has 1 saturated heterocycles. The largest absolute Gasteiger partial charge is 0.356 e. The number of halogens is 1. The maximum Gasteiger partial charge on any atom is 0.276 e. The van der Waals surface area contributed by atoms with E-state index in [-0.39, 0.29) is 18.0 Å². The fourth-order valence-corrected chi connectivity index (χ4v) is 4.54. The highest BCUT2D eigenvalue weighted by molar-refractivity contribution is 6.30. The van der Waals surface area contributed by atoms with Crippen molar-refractivity contribution in [1.82, 2.24) is 29.9 Å². The summed E-state index contributed by atoms with van der Waals surface area (Å²) in [6.45, 7) is 1.92. The van der Waals surface area contributed by atoms with Crippen LogP contribution in [0.4, 0.5) is 5.82 Å². The average Bonchev–Trinajstić information content (AvgIpc) is 3.10. The van der Waals surface area contributed by atoms with Crippen molar-refractivity contribution in [1.29, 1.82) is 0 Å². The predicted molar refractivity (Wildman–Crippen MR) is 108 cm³/mol. The molecular formula is C20H16ClN7O2. The third-order valence-corrected chi connectivity index (χ3v) is 6.15. The van der Waals surface area contributed by atoms with Crippen LogP contribution in [0, 0.1) is 11.8 Å². The SMILES string of the molecule is O=c1c2cccnc2cnn1Cc1nc(C2C3CN(c4cc(Cl)ccn4)CC32)no1. The molecule has 1 aliphatic heterocycles. The van der Waals surface area contributed by atoms with Crippen molar-refractivity contribution >= 4 is 28.3 Å². The van der Waals surface area contributed by atoms with E-state index < -0.39 is 0 Å². The molecule has 0 spiro atoms. The molecule has 2 aliphatic rings. The van der Waals surface area contributed by atoms with Gasteiger partial charge in [0.05, 0.1) is 17.1 Å². The number of anilines is 1. The van der Waals surface area contributed by atoms with E-state index in [9.17, 15) is 4.79 Å². The Labute approximate surface area is 175 Å².